The van der Waals surface area contributed by atoms with Crippen LogP contribution in [0.2, 0.25) is 0 Å². The number of carboxylic acid groups (broad SMARTS) is 1. The highest BCUT2D eigenvalue weighted by Gasteiger charge is 2.15. The van der Waals surface area contributed by atoms with Gasteiger partial charge in [0.1, 0.15) is 5.03 Å². The monoisotopic (exact) mass is 240 g/mol. The highest BCUT2D eigenvalue weighted by atomic mass is 32.2. The summed E-state index contributed by atoms with van der Waals surface area (Å²) in [5, 5.41) is 9.71. The SMILES string of the molecule is Cc1cc(C)c(C(=O)O)c(SCCCN)n1. The summed E-state index contributed by atoms with van der Waals surface area (Å²) >= 11 is 1.46. The van der Waals surface area contributed by atoms with Crippen LogP contribution in [0.3, 0.4) is 0 Å². The Bertz CT molecular complexity index is 394. The van der Waals surface area contributed by atoms with Gasteiger partial charge in [-0.1, -0.05) is 0 Å². The first-order chi connectivity index (χ1) is 7.56. The first-order valence-electron chi connectivity index (χ1n) is 5.10. The van der Waals surface area contributed by atoms with Crippen molar-refractivity contribution in [3.05, 3.63) is 22.9 Å². The Hall–Kier alpha value is -1.07. The van der Waals surface area contributed by atoms with Crippen LogP contribution in [0.5, 0.6) is 0 Å². The number of thioether (sulfide) groups is 1. The van der Waals surface area contributed by atoms with Crippen molar-refractivity contribution in [3.8, 4) is 0 Å². The molecule has 16 heavy (non-hydrogen) atoms. The van der Waals surface area contributed by atoms with Gasteiger partial charge in [0.25, 0.3) is 0 Å². The van der Waals surface area contributed by atoms with Gasteiger partial charge in [-0.05, 0) is 38.4 Å². The number of aromatic nitrogens is 1. The number of nitrogens with two attached hydrogens (primary N) is 1. The topological polar surface area (TPSA) is 76.2 Å². The van der Waals surface area contributed by atoms with Crippen LogP contribution in [-0.2, 0) is 0 Å². The molecular formula is C11H16N2O2S. The van der Waals surface area contributed by atoms with Gasteiger partial charge in [-0.15, -0.1) is 11.8 Å². The average molecular weight is 240 g/mol. The highest BCUT2D eigenvalue weighted by molar-refractivity contribution is 7.99. The summed E-state index contributed by atoms with van der Waals surface area (Å²) in [7, 11) is 0. The van der Waals surface area contributed by atoms with E-state index < -0.39 is 5.97 Å². The summed E-state index contributed by atoms with van der Waals surface area (Å²) in [6, 6.07) is 1.79. The van der Waals surface area contributed by atoms with E-state index in [0.29, 0.717) is 17.1 Å². The normalized spacial score (nSPS) is 10.4. The fourth-order valence-electron chi connectivity index (χ4n) is 1.42. The van der Waals surface area contributed by atoms with Crippen molar-refractivity contribution < 1.29 is 9.90 Å². The molecule has 0 amide bonds. The van der Waals surface area contributed by atoms with Gasteiger partial charge in [0.05, 0.1) is 5.56 Å². The van der Waals surface area contributed by atoms with Crippen molar-refractivity contribution in [3.63, 3.8) is 0 Å². The van der Waals surface area contributed by atoms with E-state index in [1.807, 2.05) is 6.92 Å². The number of carbonyl (C=O) groups is 1. The number of hydrogen-bond acceptors (Lipinski definition) is 4. The number of aromatic carboxylic acids is 1. The standard InChI is InChI=1S/C11H16N2O2S/c1-7-6-8(2)13-10(9(7)11(14)15)16-5-3-4-12/h6H,3-5,12H2,1-2H3,(H,14,15). The van der Waals surface area contributed by atoms with Gasteiger partial charge in [0, 0.05) is 11.4 Å². The van der Waals surface area contributed by atoms with E-state index in [0.717, 1.165) is 23.4 Å². The summed E-state index contributed by atoms with van der Waals surface area (Å²) < 4.78 is 0. The molecule has 0 aliphatic carbocycles. The highest BCUT2D eigenvalue weighted by Crippen LogP contribution is 2.24. The zero-order valence-electron chi connectivity index (χ0n) is 9.49. The molecule has 0 atom stereocenters. The van der Waals surface area contributed by atoms with E-state index in [-0.39, 0.29) is 0 Å². The maximum atomic E-state index is 11.1. The summed E-state index contributed by atoms with van der Waals surface area (Å²) in [6.45, 7) is 4.27. The first-order valence-corrected chi connectivity index (χ1v) is 6.09. The maximum Gasteiger partial charge on any atom is 0.338 e. The first kappa shape index (κ1) is 13.0. The molecule has 0 saturated heterocycles. The largest absolute Gasteiger partial charge is 0.478 e. The third kappa shape index (κ3) is 3.21. The second-order valence-electron chi connectivity index (χ2n) is 3.56. The van der Waals surface area contributed by atoms with Crippen LogP contribution in [0.15, 0.2) is 11.1 Å². The molecule has 0 spiro atoms. The van der Waals surface area contributed by atoms with Gasteiger partial charge in [-0.25, -0.2) is 9.78 Å². The molecule has 1 rings (SSSR count). The van der Waals surface area contributed by atoms with Gasteiger partial charge in [-0.2, -0.15) is 0 Å². The lowest BCUT2D eigenvalue weighted by Crippen LogP contribution is -2.06. The predicted octanol–water partition coefficient (Wildman–Crippen LogP) is 1.84. The Labute approximate surface area is 99.3 Å². The summed E-state index contributed by atoms with van der Waals surface area (Å²) in [5.74, 6) is -0.118. The molecule has 0 aliphatic rings. The van der Waals surface area contributed by atoms with Crippen LogP contribution in [-0.4, -0.2) is 28.4 Å². The minimum atomic E-state index is -0.916. The number of aryl methyl sites for hydroxylation is 2. The van der Waals surface area contributed by atoms with Crippen LogP contribution in [0.4, 0.5) is 0 Å². The van der Waals surface area contributed by atoms with Crippen molar-refractivity contribution in [2.45, 2.75) is 25.3 Å². The van der Waals surface area contributed by atoms with E-state index in [2.05, 4.69) is 4.98 Å². The van der Waals surface area contributed by atoms with E-state index in [9.17, 15) is 4.79 Å². The zero-order chi connectivity index (χ0) is 12.1. The number of pyridine rings is 1. The summed E-state index contributed by atoms with van der Waals surface area (Å²) in [4.78, 5) is 15.4. The lowest BCUT2D eigenvalue weighted by molar-refractivity contribution is 0.0691. The summed E-state index contributed by atoms with van der Waals surface area (Å²) in [6.07, 6.45) is 0.860. The van der Waals surface area contributed by atoms with Crippen molar-refractivity contribution in [2.24, 2.45) is 5.73 Å². The Morgan fingerprint density at radius 1 is 1.56 bits per heavy atom. The molecule has 0 radical (unpaired) electrons. The van der Waals surface area contributed by atoms with Gasteiger partial charge in [0.2, 0.25) is 0 Å². The second-order valence-corrected chi connectivity index (χ2v) is 4.64. The molecule has 3 N–H and O–H groups in total. The molecule has 1 aromatic rings. The van der Waals surface area contributed by atoms with Crippen LogP contribution in [0.25, 0.3) is 0 Å². The smallest absolute Gasteiger partial charge is 0.338 e. The molecule has 1 heterocycles. The Kier molecular flexibility index (Phi) is 4.76. The van der Waals surface area contributed by atoms with Crippen LogP contribution < -0.4 is 5.73 Å². The van der Waals surface area contributed by atoms with E-state index in [1.54, 1.807) is 13.0 Å². The maximum absolute atomic E-state index is 11.1. The fourth-order valence-corrected chi connectivity index (χ4v) is 2.52. The van der Waals surface area contributed by atoms with Crippen molar-refractivity contribution >= 4 is 17.7 Å². The molecule has 4 nitrogen and oxygen atoms in total. The van der Waals surface area contributed by atoms with Gasteiger partial charge in [0.15, 0.2) is 0 Å². The quantitative estimate of drug-likeness (QED) is 0.606. The molecule has 88 valence electrons. The van der Waals surface area contributed by atoms with E-state index >= 15 is 0 Å². The molecule has 0 aromatic carbocycles. The molecule has 0 aliphatic heterocycles. The number of hydrogen-bond donors (Lipinski definition) is 2. The fraction of sp³-hybridized carbons (Fsp3) is 0.455. The lowest BCUT2D eigenvalue weighted by Gasteiger charge is -2.08. The third-order valence-electron chi connectivity index (χ3n) is 2.11. The number of carboxylic acids is 1. The summed E-state index contributed by atoms with van der Waals surface area (Å²) in [5.41, 5.74) is 7.32. The Balaban J connectivity index is 2.99. The number of rotatable bonds is 5. The number of nitrogens with zero attached hydrogens (tertiary/aromatic N) is 1. The molecular weight excluding hydrogens is 224 g/mol. The van der Waals surface area contributed by atoms with Crippen LogP contribution in [0, 0.1) is 13.8 Å². The molecule has 0 fully saturated rings. The zero-order valence-corrected chi connectivity index (χ0v) is 10.3. The Morgan fingerprint density at radius 3 is 2.81 bits per heavy atom. The van der Waals surface area contributed by atoms with E-state index in [1.165, 1.54) is 11.8 Å². The van der Waals surface area contributed by atoms with Crippen molar-refractivity contribution in [1.29, 1.82) is 0 Å². The van der Waals surface area contributed by atoms with Crippen molar-refractivity contribution in [2.75, 3.05) is 12.3 Å². The van der Waals surface area contributed by atoms with Gasteiger partial charge >= 0.3 is 5.97 Å². The molecule has 0 saturated carbocycles. The predicted molar refractivity (Wildman–Crippen MR) is 65.1 cm³/mol. The molecule has 5 heteroatoms. The average Bonchev–Trinajstić information content (AvgIpc) is 2.16. The molecule has 1 aromatic heterocycles. The van der Waals surface area contributed by atoms with Crippen LogP contribution in [0.1, 0.15) is 28.0 Å². The van der Waals surface area contributed by atoms with Crippen molar-refractivity contribution in [1.82, 2.24) is 4.98 Å². The van der Waals surface area contributed by atoms with Crippen LogP contribution >= 0.6 is 11.8 Å². The third-order valence-corrected chi connectivity index (χ3v) is 3.17. The minimum Gasteiger partial charge on any atom is -0.478 e. The van der Waals surface area contributed by atoms with E-state index in [4.69, 9.17) is 10.8 Å². The molecule has 0 unspecified atom stereocenters. The molecule has 0 bridgehead atoms. The second kappa shape index (κ2) is 5.86. The minimum absolute atomic E-state index is 0.313. The van der Waals surface area contributed by atoms with Gasteiger partial charge < -0.3 is 10.8 Å². The lowest BCUT2D eigenvalue weighted by atomic mass is 10.1. The van der Waals surface area contributed by atoms with Gasteiger partial charge in [-0.3, -0.25) is 0 Å². The Morgan fingerprint density at radius 2 is 2.25 bits per heavy atom.